The third kappa shape index (κ3) is 5.17. The maximum absolute atomic E-state index is 12.6. The minimum Gasteiger partial charge on any atom is -0.325 e. The highest BCUT2D eigenvalue weighted by Crippen LogP contribution is 2.30. The number of hydrogen-bond donors (Lipinski definition) is 1. The number of nitrogens with one attached hydrogen (secondary N) is 1. The van der Waals surface area contributed by atoms with E-state index < -0.39 is 17.6 Å². The van der Waals surface area contributed by atoms with Gasteiger partial charge in [-0.15, -0.1) is 5.10 Å². The van der Waals surface area contributed by atoms with Gasteiger partial charge < -0.3 is 5.32 Å². The summed E-state index contributed by atoms with van der Waals surface area (Å²) in [5.41, 5.74) is 1.42. The molecule has 0 saturated carbocycles. The lowest BCUT2D eigenvalue weighted by Crippen LogP contribution is -2.14. The summed E-state index contributed by atoms with van der Waals surface area (Å²) in [4.78, 5) is 20.6. The first-order valence-corrected chi connectivity index (χ1v) is 10.5. The normalized spacial score (nSPS) is 11.6. The molecule has 0 bridgehead atoms. The predicted molar refractivity (Wildman–Crippen MR) is 114 cm³/mol. The van der Waals surface area contributed by atoms with Crippen molar-refractivity contribution in [1.29, 1.82) is 0 Å². The molecular formula is C20H14ClF3N6OS. The summed E-state index contributed by atoms with van der Waals surface area (Å²) in [6, 6.07) is 11.5. The monoisotopic (exact) mass is 478 g/mol. The van der Waals surface area contributed by atoms with Crippen LogP contribution >= 0.6 is 23.4 Å². The third-order valence-electron chi connectivity index (χ3n) is 4.35. The van der Waals surface area contributed by atoms with Gasteiger partial charge in [0.25, 0.3) is 0 Å². The maximum atomic E-state index is 12.6. The van der Waals surface area contributed by atoms with Crippen molar-refractivity contribution in [3.05, 3.63) is 71.0 Å². The van der Waals surface area contributed by atoms with E-state index in [2.05, 4.69) is 25.6 Å². The van der Waals surface area contributed by atoms with E-state index in [1.807, 2.05) is 12.1 Å². The van der Waals surface area contributed by atoms with Gasteiger partial charge in [0.2, 0.25) is 5.91 Å². The molecule has 1 amide bonds. The fourth-order valence-corrected chi connectivity index (χ4v) is 3.68. The van der Waals surface area contributed by atoms with Crippen LogP contribution in [0.15, 0.2) is 59.9 Å². The van der Waals surface area contributed by atoms with Crippen molar-refractivity contribution in [3.63, 3.8) is 0 Å². The molecule has 12 heteroatoms. The zero-order chi connectivity index (χ0) is 22.7. The highest BCUT2D eigenvalue weighted by atomic mass is 35.5. The molecule has 0 aliphatic carbocycles. The van der Waals surface area contributed by atoms with Crippen molar-refractivity contribution in [2.75, 3.05) is 11.1 Å². The van der Waals surface area contributed by atoms with E-state index in [0.29, 0.717) is 27.8 Å². The molecule has 32 heavy (non-hydrogen) atoms. The number of carbonyl (C=O) groups is 1. The molecule has 0 radical (unpaired) electrons. The smallest absolute Gasteiger partial charge is 0.325 e. The molecule has 4 rings (SSSR count). The number of fused-ring (bicyclic) bond motifs is 1. The molecule has 1 N–H and O–H groups in total. The fraction of sp³-hybridized carbons (Fsp3) is 0.150. The Morgan fingerprint density at radius 2 is 1.78 bits per heavy atom. The van der Waals surface area contributed by atoms with Gasteiger partial charge in [0.05, 0.1) is 17.9 Å². The maximum Gasteiger partial charge on any atom is 0.416 e. The van der Waals surface area contributed by atoms with Crippen LogP contribution in [0.1, 0.15) is 11.1 Å². The highest BCUT2D eigenvalue weighted by Gasteiger charge is 2.30. The molecule has 0 aliphatic rings. The van der Waals surface area contributed by atoms with E-state index in [9.17, 15) is 18.0 Å². The van der Waals surface area contributed by atoms with Gasteiger partial charge in [-0.2, -0.15) is 13.2 Å². The van der Waals surface area contributed by atoms with Gasteiger partial charge in [0.15, 0.2) is 11.2 Å². The van der Waals surface area contributed by atoms with Crippen molar-refractivity contribution < 1.29 is 18.0 Å². The molecule has 0 atom stereocenters. The summed E-state index contributed by atoms with van der Waals surface area (Å²) in [5.74, 6) is -0.410. The van der Waals surface area contributed by atoms with Gasteiger partial charge >= 0.3 is 6.18 Å². The second-order valence-corrected chi connectivity index (χ2v) is 8.04. The first kappa shape index (κ1) is 22.0. The highest BCUT2D eigenvalue weighted by molar-refractivity contribution is 8.00. The van der Waals surface area contributed by atoms with Crippen molar-refractivity contribution in [2.45, 2.75) is 17.7 Å². The minimum atomic E-state index is -4.43. The van der Waals surface area contributed by atoms with E-state index in [1.54, 1.807) is 16.8 Å². The second kappa shape index (κ2) is 9.13. The van der Waals surface area contributed by atoms with E-state index in [4.69, 9.17) is 11.6 Å². The number of anilines is 1. The first-order chi connectivity index (χ1) is 15.3. The SMILES string of the molecule is O=C(CSc1ncnc2c1nnn2Cc1ccc(Cl)cc1)Nc1ccc(C(F)(F)F)cc1. The Kier molecular flexibility index (Phi) is 6.28. The van der Waals surface area contributed by atoms with Crippen LogP contribution in [0.2, 0.25) is 5.02 Å². The van der Waals surface area contributed by atoms with Crippen LogP contribution in [0.4, 0.5) is 18.9 Å². The standard InChI is InChI=1S/C20H14ClF3N6OS/c21-14-5-1-12(2-6-14)9-30-18-17(28-29-30)19(26-11-25-18)32-10-16(31)27-15-7-3-13(4-8-15)20(22,23)24/h1-8,11H,9-10H2,(H,27,31). The van der Waals surface area contributed by atoms with E-state index in [-0.39, 0.29) is 11.4 Å². The van der Waals surface area contributed by atoms with Gasteiger partial charge in [-0.1, -0.05) is 40.7 Å². The van der Waals surface area contributed by atoms with Gasteiger partial charge in [-0.25, -0.2) is 14.6 Å². The fourth-order valence-electron chi connectivity index (χ4n) is 2.82. The molecule has 0 saturated heterocycles. The summed E-state index contributed by atoms with van der Waals surface area (Å²) >= 11 is 7.04. The molecule has 0 aliphatic heterocycles. The Morgan fingerprint density at radius 3 is 2.47 bits per heavy atom. The Balaban J connectivity index is 1.41. The number of nitrogens with zero attached hydrogens (tertiary/aromatic N) is 5. The van der Waals surface area contributed by atoms with Crippen LogP contribution in [0.25, 0.3) is 11.2 Å². The average Bonchev–Trinajstić information content (AvgIpc) is 3.17. The number of benzene rings is 2. The zero-order valence-electron chi connectivity index (χ0n) is 16.2. The topological polar surface area (TPSA) is 85.6 Å². The van der Waals surface area contributed by atoms with Gasteiger partial charge in [0, 0.05) is 10.7 Å². The predicted octanol–water partition coefficient (Wildman–Crippen LogP) is 4.67. The number of hydrogen-bond acceptors (Lipinski definition) is 6. The number of rotatable bonds is 6. The average molecular weight is 479 g/mol. The quantitative estimate of drug-likeness (QED) is 0.320. The molecule has 2 heterocycles. The van der Waals surface area contributed by atoms with E-state index in [0.717, 1.165) is 29.5 Å². The molecular weight excluding hydrogens is 465 g/mol. The van der Waals surface area contributed by atoms with Gasteiger partial charge in [0.1, 0.15) is 11.4 Å². The molecule has 2 aromatic heterocycles. The summed E-state index contributed by atoms with van der Waals surface area (Å²) in [5, 5.41) is 11.9. The third-order valence-corrected chi connectivity index (χ3v) is 5.58. The Hall–Kier alpha value is -3.18. The number of aromatic nitrogens is 5. The van der Waals surface area contributed by atoms with Gasteiger partial charge in [-0.05, 0) is 42.0 Å². The van der Waals surface area contributed by atoms with Crippen LogP contribution in [-0.2, 0) is 17.5 Å². The lowest BCUT2D eigenvalue weighted by atomic mass is 10.2. The number of thioether (sulfide) groups is 1. The molecule has 7 nitrogen and oxygen atoms in total. The molecule has 164 valence electrons. The number of carbonyl (C=O) groups excluding carboxylic acids is 1. The Labute approximate surface area is 189 Å². The largest absolute Gasteiger partial charge is 0.416 e. The first-order valence-electron chi connectivity index (χ1n) is 9.18. The van der Waals surface area contributed by atoms with Crippen LogP contribution in [0, 0.1) is 0 Å². The van der Waals surface area contributed by atoms with Crippen LogP contribution in [0.5, 0.6) is 0 Å². The summed E-state index contributed by atoms with van der Waals surface area (Å²) in [6.45, 7) is 0.434. The summed E-state index contributed by atoms with van der Waals surface area (Å²) in [7, 11) is 0. The second-order valence-electron chi connectivity index (χ2n) is 6.64. The van der Waals surface area contributed by atoms with Crippen LogP contribution in [-0.4, -0.2) is 36.6 Å². The number of amides is 1. The zero-order valence-corrected chi connectivity index (χ0v) is 17.7. The van der Waals surface area contributed by atoms with Crippen LogP contribution < -0.4 is 5.32 Å². The molecule has 0 spiro atoms. The van der Waals surface area contributed by atoms with E-state index in [1.165, 1.54) is 18.5 Å². The van der Waals surface area contributed by atoms with E-state index >= 15 is 0 Å². The van der Waals surface area contributed by atoms with Gasteiger partial charge in [-0.3, -0.25) is 4.79 Å². The Morgan fingerprint density at radius 1 is 1.06 bits per heavy atom. The number of alkyl halides is 3. The Bertz CT molecular complexity index is 1250. The summed E-state index contributed by atoms with van der Waals surface area (Å²) < 4.78 is 39.5. The molecule has 4 aromatic rings. The number of halogens is 4. The molecule has 0 fully saturated rings. The van der Waals surface area contributed by atoms with Crippen molar-refractivity contribution in [1.82, 2.24) is 25.0 Å². The van der Waals surface area contributed by atoms with Crippen molar-refractivity contribution in [2.24, 2.45) is 0 Å². The van der Waals surface area contributed by atoms with Crippen molar-refractivity contribution >= 4 is 46.1 Å². The lowest BCUT2D eigenvalue weighted by Gasteiger charge is -2.08. The minimum absolute atomic E-state index is 0.0167. The van der Waals surface area contributed by atoms with Crippen molar-refractivity contribution in [3.8, 4) is 0 Å². The molecule has 2 aromatic carbocycles. The lowest BCUT2D eigenvalue weighted by molar-refractivity contribution is -0.137. The van der Waals surface area contributed by atoms with Crippen LogP contribution in [0.3, 0.4) is 0 Å². The summed E-state index contributed by atoms with van der Waals surface area (Å²) in [6.07, 6.45) is -3.07. The molecule has 0 unspecified atom stereocenters.